The van der Waals surface area contributed by atoms with E-state index in [1.807, 2.05) is 20.2 Å². The van der Waals surface area contributed by atoms with Gasteiger partial charge in [0, 0.05) is 13.1 Å². The number of thiazole rings is 1. The summed E-state index contributed by atoms with van der Waals surface area (Å²) in [5.74, 6) is -0.0477. The van der Waals surface area contributed by atoms with Crippen LogP contribution in [0.25, 0.3) is 10.2 Å². The van der Waals surface area contributed by atoms with E-state index < -0.39 is 0 Å². The van der Waals surface area contributed by atoms with E-state index in [1.165, 1.54) is 16.9 Å². The second-order valence-electron chi connectivity index (χ2n) is 6.02. The highest BCUT2D eigenvalue weighted by Crippen LogP contribution is 2.32. The second-order valence-corrected chi connectivity index (χ2v) is 8.74. The van der Waals surface area contributed by atoms with Gasteiger partial charge in [0.15, 0.2) is 5.13 Å². The first-order valence-electron chi connectivity index (χ1n) is 8.09. The van der Waals surface area contributed by atoms with Gasteiger partial charge in [-0.3, -0.25) is 9.69 Å². The standard InChI is InChI=1S/C18H20ClN3OS2.ClH/c1-4-12-5-6-13-15(11-12)25-18(20-13)22(10-9-21(2)3)17(23)14-7-8-16(19)24-14;/h5-8,11H,4,9-10H2,1-3H3;1H. The molecule has 140 valence electrons. The van der Waals surface area contributed by atoms with Crippen LogP contribution >= 0.6 is 46.7 Å². The number of halogens is 2. The number of carbonyl (C=O) groups excluding carboxylic acids is 1. The molecule has 0 fully saturated rings. The highest BCUT2D eigenvalue weighted by atomic mass is 35.5. The van der Waals surface area contributed by atoms with Gasteiger partial charge in [0.25, 0.3) is 5.91 Å². The molecule has 4 nitrogen and oxygen atoms in total. The maximum atomic E-state index is 13.0. The number of fused-ring (bicyclic) bond motifs is 1. The molecule has 0 atom stereocenters. The summed E-state index contributed by atoms with van der Waals surface area (Å²) in [7, 11) is 3.99. The van der Waals surface area contributed by atoms with Gasteiger partial charge in [-0.2, -0.15) is 0 Å². The van der Waals surface area contributed by atoms with Crippen molar-refractivity contribution < 1.29 is 4.79 Å². The van der Waals surface area contributed by atoms with Crippen LogP contribution in [0.3, 0.4) is 0 Å². The number of amides is 1. The van der Waals surface area contributed by atoms with Gasteiger partial charge in [-0.1, -0.05) is 35.9 Å². The van der Waals surface area contributed by atoms with Gasteiger partial charge in [-0.05, 0) is 50.3 Å². The Bertz CT molecular complexity index is 892. The summed E-state index contributed by atoms with van der Waals surface area (Å²) >= 11 is 8.87. The summed E-state index contributed by atoms with van der Waals surface area (Å²) in [6, 6.07) is 9.82. The van der Waals surface area contributed by atoms with Crippen LogP contribution in [0.1, 0.15) is 22.2 Å². The number of likely N-dealkylation sites (N-methyl/N-ethyl adjacent to an activating group) is 1. The lowest BCUT2D eigenvalue weighted by atomic mass is 10.2. The molecule has 26 heavy (non-hydrogen) atoms. The SMILES string of the molecule is CCc1ccc2nc(N(CCN(C)C)C(=O)c3ccc(Cl)s3)sc2c1.Cl. The van der Waals surface area contributed by atoms with E-state index in [2.05, 4.69) is 24.0 Å². The van der Waals surface area contributed by atoms with Crippen LogP contribution < -0.4 is 4.90 Å². The number of hydrogen-bond acceptors (Lipinski definition) is 5. The molecule has 0 unspecified atom stereocenters. The van der Waals surface area contributed by atoms with Crippen molar-refractivity contribution in [3.05, 3.63) is 45.1 Å². The number of aryl methyl sites for hydroxylation is 1. The zero-order valence-corrected chi connectivity index (χ0v) is 18.1. The molecule has 8 heteroatoms. The fraction of sp³-hybridized carbons (Fsp3) is 0.333. The van der Waals surface area contributed by atoms with Gasteiger partial charge in [0.1, 0.15) is 0 Å². The lowest BCUT2D eigenvalue weighted by Gasteiger charge is -2.21. The Morgan fingerprint density at radius 3 is 2.54 bits per heavy atom. The molecule has 2 heterocycles. The van der Waals surface area contributed by atoms with E-state index in [0.717, 1.165) is 28.3 Å². The third-order valence-electron chi connectivity index (χ3n) is 3.88. The Hall–Kier alpha value is -1.18. The summed E-state index contributed by atoms with van der Waals surface area (Å²) in [6.45, 7) is 3.49. The number of hydrogen-bond donors (Lipinski definition) is 0. The Balaban J connectivity index is 0.00000243. The van der Waals surface area contributed by atoms with Crippen molar-refractivity contribution in [1.29, 1.82) is 0 Å². The molecule has 1 aromatic carbocycles. The molecular formula is C18H21Cl2N3OS2. The van der Waals surface area contributed by atoms with E-state index in [4.69, 9.17) is 16.6 Å². The molecule has 3 aromatic rings. The number of rotatable bonds is 6. The first kappa shape index (κ1) is 21.1. The van der Waals surface area contributed by atoms with Crippen LogP contribution in [0.4, 0.5) is 5.13 Å². The van der Waals surface area contributed by atoms with E-state index >= 15 is 0 Å². The number of benzene rings is 1. The summed E-state index contributed by atoms with van der Waals surface area (Å²) in [5.41, 5.74) is 2.21. The van der Waals surface area contributed by atoms with Gasteiger partial charge in [0.2, 0.25) is 0 Å². The van der Waals surface area contributed by atoms with Crippen molar-refractivity contribution in [3.8, 4) is 0 Å². The summed E-state index contributed by atoms with van der Waals surface area (Å²) in [6.07, 6.45) is 0.986. The predicted molar refractivity (Wildman–Crippen MR) is 116 cm³/mol. The fourth-order valence-corrected chi connectivity index (χ4v) is 4.48. The molecule has 0 radical (unpaired) electrons. The first-order chi connectivity index (χ1) is 12.0. The largest absolute Gasteiger partial charge is 0.308 e. The summed E-state index contributed by atoms with van der Waals surface area (Å²) in [4.78, 5) is 22.2. The smallest absolute Gasteiger partial charge is 0.270 e. The molecule has 0 aliphatic carbocycles. The fourth-order valence-electron chi connectivity index (χ4n) is 2.44. The number of nitrogens with zero attached hydrogens (tertiary/aromatic N) is 3. The van der Waals surface area contributed by atoms with Crippen molar-refractivity contribution in [2.45, 2.75) is 13.3 Å². The average Bonchev–Trinajstić information content (AvgIpc) is 3.19. The molecule has 1 amide bonds. The molecule has 2 aromatic heterocycles. The average molecular weight is 430 g/mol. The van der Waals surface area contributed by atoms with Gasteiger partial charge < -0.3 is 4.90 Å². The second kappa shape index (κ2) is 9.15. The third-order valence-corrected chi connectivity index (χ3v) is 6.14. The lowest BCUT2D eigenvalue weighted by Crippen LogP contribution is -2.36. The topological polar surface area (TPSA) is 36.4 Å². The molecule has 0 saturated heterocycles. The van der Waals surface area contributed by atoms with E-state index in [1.54, 1.807) is 28.4 Å². The highest BCUT2D eigenvalue weighted by Gasteiger charge is 2.22. The lowest BCUT2D eigenvalue weighted by molar-refractivity contribution is 0.0989. The van der Waals surface area contributed by atoms with Crippen LogP contribution in [-0.2, 0) is 6.42 Å². The summed E-state index contributed by atoms with van der Waals surface area (Å²) in [5, 5.41) is 0.736. The molecule has 0 saturated carbocycles. The first-order valence-corrected chi connectivity index (χ1v) is 10.1. The Morgan fingerprint density at radius 2 is 1.92 bits per heavy atom. The quantitative estimate of drug-likeness (QED) is 0.539. The Labute approximate surface area is 172 Å². The predicted octanol–water partition coefficient (Wildman–Crippen LogP) is 5.20. The Kier molecular flexibility index (Phi) is 7.43. The van der Waals surface area contributed by atoms with Crippen molar-refractivity contribution in [2.75, 3.05) is 32.1 Å². The molecule has 0 aliphatic rings. The van der Waals surface area contributed by atoms with E-state index in [9.17, 15) is 4.79 Å². The highest BCUT2D eigenvalue weighted by molar-refractivity contribution is 7.22. The number of anilines is 1. The van der Waals surface area contributed by atoms with Crippen LogP contribution in [0, 0.1) is 0 Å². The minimum absolute atomic E-state index is 0. The molecule has 3 rings (SSSR count). The van der Waals surface area contributed by atoms with Crippen LogP contribution in [0.5, 0.6) is 0 Å². The molecule has 0 bridgehead atoms. The zero-order chi connectivity index (χ0) is 18.0. The van der Waals surface area contributed by atoms with Gasteiger partial charge in [-0.25, -0.2) is 4.98 Å². The van der Waals surface area contributed by atoms with E-state index in [-0.39, 0.29) is 18.3 Å². The minimum atomic E-state index is -0.0477. The summed E-state index contributed by atoms with van der Waals surface area (Å²) < 4.78 is 1.73. The molecule has 0 N–H and O–H groups in total. The maximum Gasteiger partial charge on any atom is 0.270 e. The number of aromatic nitrogens is 1. The Morgan fingerprint density at radius 1 is 1.15 bits per heavy atom. The van der Waals surface area contributed by atoms with Gasteiger partial charge in [0.05, 0.1) is 19.4 Å². The molecule has 0 aliphatic heterocycles. The monoisotopic (exact) mass is 429 g/mol. The van der Waals surface area contributed by atoms with Gasteiger partial charge in [-0.15, -0.1) is 23.7 Å². The van der Waals surface area contributed by atoms with Crippen molar-refractivity contribution in [3.63, 3.8) is 0 Å². The molecule has 0 spiro atoms. The third kappa shape index (κ3) is 4.75. The number of thiophene rings is 1. The van der Waals surface area contributed by atoms with Crippen LogP contribution in [0.2, 0.25) is 4.34 Å². The normalized spacial score (nSPS) is 11.0. The molecular weight excluding hydrogens is 409 g/mol. The van der Waals surface area contributed by atoms with Crippen molar-refractivity contribution in [2.24, 2.45) is 0 Å². The van der Waals surface area contributed by atoms with Gasteiger partial charge >= 0.3 is 0 Å². The van der Waals surface area contributed by atoms with Crippen molar-refractivity contribution >= 4 is 67.9 Å². The van der Waals surface area contributed by atoms with Crippen molar-refractivity contribution in [1.82, 2.24) is 9.88 Å². The zero-order valence-electron chi connectivity index (χ0n) is 14.9. The van der Waals surface area contributed by atoms with Crippen LogP contribution in [-0.4, -0.2) is 43.0 Å². The number of carbonyl (C=O) groups is 1. The minimum Gasteiger partial charge on any atom is -0.308 e. The van der Waals surface area contributed by atoms with E-state index in [0.29, 0.717) is 15.8 Å². The van der Waals surface area contributed by atoms with Crippen LogP contribution in [0.15, 0.2) is 30.3 Å². The maximum absolute atomic E-state index is 13.0.